The van der Waals surface area contributed by atoms with E-state index in [1.807, 2.05) is 13.0 Å². The monoisotopic (exact) mass is 288 g/mol. The van der Waals surface area contributed by atoms with Gasteiger partial charge in [-0.3, -0.25) is 10.5 Å². The van der Waals surface area contributed by atoms with Crippen molar-refractivity contribution in [3.05, 3.63) is 41.6 Å². The number of hydrogen-bond donors (Lipinski definition) is 2. The molecule has 0 spiro atoms. The molecule has 5 nitrogen and oxygen atoms in total. The number of hydrogen-bond acceptors (Lipinski definition) is 4. The van der Waals surface area contributed by atoms with E-state index in [1.165, 1.54) is 32.1 Å². The minimum atomic E-state index is -0.0327. The van der Waals surface area contributed by atoms with Crippen LogP contribution in [0.2, 0.25) is 0 Å². The normalized spacial score (nSPS) is 18.0. The lowest BCUT2D eigenvalue weighted by atomic mass is 9.96. The van der Waals surface area contributed by atoms with Crippen LogP contribution in [0.4, 0.5) is 0 Å². The lowest BCUT2D eigenvalue weighted by Crippen LogP contribution is -2.30. The molecule has 1 saturated carbocycles. The predicted molar refractivity (Wildman–Crippen MR) is 81.6 cm³/mol. The Kier molecular flexibility index (Phi) is 4.41. The van der Waals surface area contributed by atoms with Gasteiger partial charge in [-0.15, -0.1) is 0 Å². The van der Waals surface area contributed by atoms with Gasteiger partial charge < -0.3 is 4.42 Å². The van der Waals surface area contributed by atoms with Crippen LogP contribution in [0.15, 0.2) is 29.0 Å². The second-order valence-corrected chi connectivity index (χ2v) is 5.97. The molecular weight excluding hydrogens is 264 g/mol. The maximum absolute atomic E-state index is 5.69. The molecular formula is C16H24N4O. The third kappa shape index (κ3) is 3.19. The fourth-order valence-corrected chi connectivity index (χ4v) is 3.21. The zero-order valence-corrected chi connectivity index (χ0v) is 12.6. The largest absolute Gasteiger partial charge is 0.467 e. The average molecular weight is 288 g/mol. The molecule has 2 aromatic heterocycles. The number of hydrazine groups is 1. The van der Waals surface area contributed by atoms with Crippen molar-refractivity contribution >= 4 is 0 Å². The van der Waals surface area contributed by atoms with Gasteiger partial charge in [-0.25, -0.2) is 5.43 Å². The van der Waals surface area contributed by atoms with Gasteiger partial charge in [0.05, 0.1) is 24.0 Å². The first-order chi connectivity index (χ1) is 10.3. The molecule has 2 heterocycles. The van der Waals surface area contributed by atoms with Gasteiger partial charge in [0, 0.05) is 12.6 Å². The Bertz CT molecular complexity index is 568. The molecule has 0 radical (unpaired) electrons. The molecule has 3 rings (SSSR count). The van der Waals surface area contributed by atoms with E-state index in [0.717, 1.165) is 23.4 Å². The van der Waals surface area contributed by atoms with Crippen molar-refractivity contribution in [1.29, 1.82) is 0 Å². The third-order valence-corrected chi connectivity index (χ3v) is 4.45. The lowest BCUT2D eigenvalue weighted by molar-refractivity contribution is 0.326. The summed E-state index contributed by atoms with van der Waals surface area (Å²) in [6.07, 6.45) is 11.0. The number of aromatic nitrogens is 2. The van der Waals surface area contributed by atoms with E-state index in [4.69, 9.17) is 15.4 Å². The summed E-state index contributed by atoms with van der Waals surface area (Å²) in [5.41, 5.74) is 5.01. The molecule has 1 atom stereocenters. The van der Waals surface area contributed by atoms with Gasteiger partial charge in [0.2, 0.25) is 0 Å². The van der Waals surface area contributed by atoms with Crippen LogP contribution in [0.25, 0.3) is 0 Å². The summed E-state index contributed by atoms with van der Waals surface area (Å²) in [6.45, 7) is 2.03. The molecule has 1 fully saturated rings. The second kappa shape index (κ2) is 6.45. The van der Waals surface area contributed by atoms with Crippen molar-refractivity contribution < 1.29 is 4.42 Å². The highest BCUT2D eigenvalue weighted by Crippen LogP contribution is 2.28. The first kappa shape index (κ1) is 14.4. The maximum atomic E-state index is 5.69. The van der Waals surface area contributed by atoms with Crippen LogP contribution in [0.3, 0.4) is 0 Å². The predicted octanol–water partition coefficient (Wildman–Crippen LogP) is 3.04. The van der Waals surface area contributed by atoms with Crippen molar-refractivity contribution in [2.24, 2.45) is 5.84 Å². The van der Waals surface area contributed by atoms with Crippen LogP contribution in [0.1, 0.15) is 61.2 Å². The van der Waals surface area contributed by atoms with Crippen LogP contribution < -0.4 is 11.3 Å². The molecule has 2 aromatic rings. The SMILES string of the molecule is Cc1ccoc1C(Cc1ccn(C2CCCCC2)n1)NN. The van der Waals surface area contributed by atoms with Gasteiger partial charge in [-0.1, -0.05) is 19.3 Å². The highest BCUT2D eigenvalue weighted by Gasteiger charge is 2.20. The standard InChI is InChI=1S/C16H24N4O/c1-12-8-10-21-16(12)15(18-17)11-13-7-9-20(19-13)14-5-3-2-4-6-14/h7-10,14-15,18H,2-6,11,17H2,1H3. The molecule has 0 bridgehead atoms. The van der Waals surface area contributed by atoms with Crippen LogP contribution in [0, 0.1) is 6.92 Å². The minimum absolute atomic E-state index is 0.0327. The first-order valence-electron chi connectivity index (χ1n) is 7.82. The van der Waals surface area contributed by atoms with E-state index in [0.29, 0.717) is 6.04 Å². The van der Waals surface area contributed by atoms with Crippen LogP contribution in [0.5, 0.6) is 0 Å². The fraction of sp³-hybridized carbons (Fsp3) is 0.562. The highest BCUT2D eigenvalue weighted by molar-refractivity contribution is 5.20. The summed E-state index contributed by atoms with van der Waals surface area (Å²) in [5, 5.41) is 4.74. The Balaban J connectivity index is 1.69. The zero-order valence-electron chi connectivity index (χ0n) is 12.6. The van der Waals surface area contributed by atoms with Crippen molar-refractivity contribution in [2.75, 3.05) is 0 Å². The summed E-state index contributed by atoms with van der Waals surface area (Å²) >= 11 is 0. The number of furan rings is 1. The van der Waals surface area contributed by atoms with Crippen molar-refractivity contribution in [2.45, 2.75) is 57.5 Å². The summed E-state index contributed by atoms with van der Waals surface area (Å²) in [5.74, 6) is 6.58. The van der Waals surface area contributed by atoms with Crippen molar-refractivity contribution in [3.63, 3.8) is 0 Å². The van der Waals surface area contributed by atoms with Crippen LogP contribution in [-0.2, 0) is 6.42 Å². The molecule has 21 heavy (non-hydrogen) atoms. The molecule has 1 unspecified atom stereocenters. The van der Waals surface area contributed by atoms with Gasteiger partial charge in [0.1, 0.15) is 5.76 Å². The van der Waals surface area contributed by atoms with Crippen molar-refractivity contribution in [3.8, 4) is 0 Å². The molecule has 0 saturated heterocycles. The quantitative estimate of drug-likeness (QED) is 0.655. The molecule has 0 aromatic carbocycles. The molecule has 0 amide bonds. The molecule has 3 N–H and O–H groups in total. The number of rotatable bonds is 5. The van der Waals surface area contributed by atoms with E-state index in [-0.39, 0.29) is 6.04 Å². The molecule has 0 aliphatic heterocycles. The fourth-order valence-electron chi connectivity index (χ4n) is 3.21. The Labute approximate surface area is 125 Å². The van der Waals surface area contributed by atoms with Crippen molar-refractivity contribution in [1.82, 2.24) is 15.2 Å². The molecule has 1 aliphatic rings. The first-order valence-corrected chi connectivity index (χ1v) is 7.82. The van der Waals surface area contributed by atoms with E-state index >= 15 is 0 Å². The van der Waals surface area contributed by atoms with Crippen LogP contribution >= 0.6 is 0 Å². The lowest BCUT2D eigenvalue weighted by Gasteiger charge is -2.21. The summed E-state index contributed by atoms with van der Waals surface area (Å²) in [4.78, 5) is 0. The third-order valence-electron chi connectivity index (χ3n) is 4.45. The molecule has 114 valence electrons. The Morgan fingerprint density at radius 2 is 2.19 bits per heavy atom. The number of nitrogens with zero attached hydrogens (tertiary/aromatic N) is 2. The minimum Gasteiger partial charge on any atom is -0.467 e. The van der Waals surface area contributed by atoms with E-state index in [2.05, 4.69) is 22.4 Å². The van der Waals surface area contributed by atoms with Gasteiger partial charge in [-0.05, 0) is 37.5 Å². The molecule has 5 heteroatoms. The number of aryl methyl sites for hydroxylation is 1. The topological polar surface area (TPSA) is 69.0 Å². The van der Waals surface area contributed by atoms with Gasteiger partial charge >= 0.3 is 0 Å². The number of nitrogens with two attached hydrogens (primary N) is 1. The summed E-state index contributed by atoms with van der Waals surface area (Å²) < 4.78 is 7.67. The van der Waals surface area contributed by atoms with E-state index < -0.39 is 0 Å². The highest BCUT2D eigenvalue weighted by atomic mass is 16.3. The second-order valence-electron chi connectivity index (χ2n) is 5.97. The summed E-state index contributed by atoms with van der Waals surface area (Å²) in [6, 6.07) is 4.59. The number of nitrogens with one attached hydrogen (secondary N) is 1. The van der Waals surface area contributed by atoms with E-state index in [9.17, 15) is 0 Å². The smallest absolute Gasteiger partial charge is 0.125 e. The Morgan fingerprint density at radius 1 is 1.38 bits per heavy atom. The van der Waals surface area contributed by atoms with Crippen LogP contribution in [-0.4, -0.2) is 9.78 Å². The maximum Gasteiger partial charge on any atom is 0.125 e. The molecule has 1 aliphatic carbocycles. The van der Waals surface area contributed by atoms with E-state index in [1.54, 1.807) is 6.26 Å². The zero-order chi connectivity index (χ0) is 14.7. The van der Waals surface area contributed by atoms with Gasteiger partial charge in [0.25, 0.3) is 0 Å². The van der Waals surface area contributed by atoms with Gasteiger partial charge in [-0.2, -0.15) is 5.10 Å². The average Bonchev–Trinajstić information content (AvgIpc) is 3.15. The Morgan fingerprint density at radius 3 is 2.86 bits per heavy atom. The Hall–Kier alpha value is -1.59. The summed E-state index contributed by atoms with van der Waals surface area (Å²) in [7, 11) is 0. The van der Waals surface area contributed by atoms with Gasteiger partial charge in [0.15, 0.2) is 0 Å².